The van der Waals surface area contributed by atoms with Crippen molar-refractivity contribution in [1.29, 1.82) is 0 Å². The highest BCUT2D eigenvalue weighted by atomic mass is 16.1. The number of carbonyl (C=O) groups excluding carboxylic acids is 1. The molecule has 0 saturated carbocycles. The van der Waals surface area contributed by atoms with Crippen molar-refractivity contribution in [2.45, 2.75) is 20.3 Å². The van der Waals surface area contributed by atoms with Crippen LogP contribution in [0.4, 0.5) is 11.4 Å². The van der Waals surface area contributed by atoms with Crippen molar-refractivity contribution in [3.63, 3.8) is 0 Å². The van der Waals surface area contributed by atoms with Crippen LogP contribution in [0, 0.1) is 13.8 Å². The zero-order chi connectivity index (χ0) is 16.4. The SMILES string of the molecule is Cc1cc(C)cc(NC(=O)Cc2ccc3cccc(N)c3n2)c1. The Morgan fingerprint density at radius 2 is 1.83 bits per heavy atom. The molecule has 0 unspecified atom stereocenters. The Kier molecular flexibility index (Phi) is 3.98. The van der Waals surface area contributed by atoms with Crippen molar-refractivity contribution in [2.75, 3.05) is 11.1 Å². The first-order chi connectivity index (χ1) is 11.0. The Morgan fingerprint density at radius 3 is 2.57 bits per heavy atom. The lowest BCUT2D eigenvalue weighted by Crippen LogP contribution is -2.15. The molecule has 3 rings (SSSR count). The summed E-state index contributed by atoms with van der Waals surface area (Å²) in [4.78, 5) is 16.7. The van der Waals surface area contributed by atoms with E-state index in [0.29, 0.717) is 11.4 Å². The number of nitrogens with zero attached hydrogens (tertiary/aromatic N) is 1. The highest BCUT2D eigenvalue weighted by Crippen LogP contribution is 2.19. The number of amides is 1. The molecule has 0 fully saturated rings. The van der Waals surface area contributed by atoms with Gasteiger partial charge in [-0.25, -0.2) is 0 Å². The molecule has 1 heterocycles. The number of aromatic nitrogens is 1. The number of rotatable bonds is 3. The largest absolute Gasteiger partial charge is 0.397 e. The van der Waals surface area contributed by atoms with Crippen molar-refractivity contribution in [1.82, 2.24) is 4.98 Å². The summed E-state index contributed by atoms with van der Waals surface area (Å²) < 4.78 is 0. The fourth-order valence-electron chi connectivity index (χ4n) is 2.73. The Morgan fingerprint density at radius 1 is 1.09 bits per heavy atom. The van der Waals surface area contributed by atoms with Crippen molar-refractivity contribution < 1.29 is 4.79 Å². The van der Waals surface area contributed by atoms with E-state index in [0.717, 1.165) is 27.7 Å². The number of hydrogen-bond donors (Lipinski definition) is 2. The second-order valence-electron chi connectivity index (χ2n) is 5.82. The average molecular weight is 305 g/mol. The van der Waals surface area contributed by atoms with Gasteiger partial charge in [0.1, 0.15) is 0 Å². The third-order valence-corrected chi connectivity index (χ3v) is 3.66. The number of aryl methyl sites for hydroxylation is 2. The molecule has 1 amide bonds. The molecule has 116 valence electrons. The number of carbonyl (C=O) groups is 1. The van der Waals surface area contributed by atoms with E-state index in [1.54, 1.807) is 0 Å². The molecular formula is C19H19N3O. The fraction of sp³-hybridized carbons (Fsp3) is 0.158. The first kappa shape index (κ1) is 15.0. The van der Waals surface area contributed by atoms with E-state index >= 15 is 0 Å². The van der Waals surface area contributed by atoms with Crippen molar-refractivity contribution in [3.05, 3.63) is 65.4 Å². The van der Waals surface area contributed by atoms with Crippen LogP contribution in [0.2, 0.25) is 0 Å². The predicted molar refractivity (Wildman–Crippen MR) is 94.4 cm³/mol. The second-order valence-corrected chi connectivity index (χ2v) is 5.82. The molecule has 4 heteroatoms. The summed E-state index contributed by atoms with van der Waals surface area (Å²) in [6, 6.07) is 15.5. The second kappa shape index (κ2) is 6.08. The first-order valence-corrected chi connectivity index (χ1v) is 7.53. The Balaban J connectivity index is 1.78. The molecular weight excluding hydrogens is 286 g/mol. The first-order valence-electron chi connectivity index (χ1n) is 7.53. The molecule has 0 aliphatic rings. The van der Waals surface area contributed by atoms with Gasteiger partial charge in [-0.1, -0.05) is 24.3 Å². The van der Waals surface area contributed by atoms with E-state index in [9.17, 15) is 4.79 Å². The third kappa shape index (κ3) is 3.48. The molecule has 4 nitrogen and oxygen atoms in total. The number of pyridine rings is 1. The number of fused-ring (bicyclic) bond motifs is 1. The van der Waals surface area contributed by atoms with Crippen LogP contribution >= 0.6 is 0 Å². The summed E-state index contributed by atoms with van der Waals surface area (Å²) in [5.74, 6) is -0.0867. The molecule has 0 aliphatic heterocycles. The zero-order valence-electron chi connectivity index (χ0n) is 13.3. The van der Waals surface area contributed by atoms with Crippen molar-refractivity contribution >= 4 is 28.2 Å². The summed E-state index contributed by atoms with van der Waals surface area (Å²) in [6.45, 7) is 4.02. The molecule has 1 aromatic heterocycles. The van der Waals surface area contributed by atoms with Crippen molar-refractivity contribution in [3.8, 4) is 0 Å². The van der Waals surface area contributed by atoms with E-state index in [1.165, 1.54) is 0 Å². The quantitative estimate of drug-likeness (QED) is 0.726. The van der Waals surface area contributed by atoms with Crippen LogP contribution in [-0.4, -0.2) is 10.9 Å². The van der Waals surface area contributed by atoms with E-state index in [-0.39, 0.29) is 12.3 Å². The van der Waals surface area contributed by atoms with Gasteiger partial charge in [0.2, 0.25) is 5.91 Å². The zero-order valence-corrected chi connectivity index (χ0v) is 13.3. The van der Waals surface area contributed by atoms with Gasteiger partial charge in [0.25, 0.3) is 0 Å². The van der Waals surface area contributed by atoms with Crippen LogP contribution in [0.3, 0.4) is 0 Å². The lowest BCUT2D eigenvalue weighted by Gasteiger charge is -2.08. The maximum atomic E-state index is 12.2. The molecule has 3 aromatic rings. The van der Waals surface area contributed by atoms with E-state index in [4.69, 9.17) is 5.73 Å². The van der Waals surface area contributed by atoms with Gasteiger partial charge >= 0.3 is 0 Å². The average Bonchev–Trinajstić information content (AvgIpc) is 2.47. The molecule has 0 aliphatic carbocycles. The van der Waals surface area contributed by atoms with Gasteiger partial charge in [0.15, 0.2) is 0 Å². The molecule has 0 atom stereocenters. The van der Waals surface area contributed by atoms with Crippen LogP contribution in [-0.2, 0) is 11.2 Å². The number of nitrogen functional groups attached to an aromatic ring is 1. The number of anilines is 2. The van der Waals surface area contributed by atoms with Crippen LogP contribution in [0.25, 0.3) is 10.9 Å². The van der Waals surface area contributed by atoms with Gasteiger partial charge in [-0.15, -0.1) is 0 Å². The molecule has 0 saturated heterocycles. The molecule has 0 bridgehead atoms. The van der Waals surface area contributed by atoms with E-state index in [1.807, 2.05) is 56.3 Å². The molecule has 3 N–H and O–H groups in total. The number of nitrogens with two attached hydrogens (primary N) is 1. The van der Waals surface area contributed by atoms with E-state index < -0.39 is 0 Å². The van der Waals surface area contributed by atoms with Crippen LogP contribution < -0.4 is 11.1 Å². The van der Waals surface area contributed by atoms with Gasteiger partial charge in [0, 0.05) is 11.1 Å². The minimum atomic E-state index is -0.0867. The van der Waals surface area contributed by atoms with E-state index in [2.05, 4.69) is 16.4 Å². The Labute approximate surface area is 135 Å². The number of nitrogens with one attached hydrogen (secondary N) is 1. The summed E-state index contributed by atoms with van der Waals surface area (Å²) in [6.07, 6.45) is 0.220. The molecule has 0 radical (unpaired) electrons. The number of benzene rings is 2. The highest BCUT2D eigenvalue weighted by Gasteiger charge is 2.08. The van der Waals surface area contributed by atoms with Crippen molar-refractivity contribution in [2.24, 2.45) is 0 Å². The minimum absolute atomic E-state index is 0.0867. The summed E-state index contributed by atoms with van der Waals surface area (Å²) in [5, 5.41) is 3.90. The Bertz CT molecular complexity index is 867. The van der Waals surface area contributed by atoms with Gasteiger partial charge in [-0.3, -0.25) is 9.78 Å². The van der Waals surface area contributed by atoms with Gasteiger partial charge in [-0.05, 0) is 49.2 Å². The minimum Gasteiger partial charge on any atom is -0.397 e. The standard InChI is InChI=1S/C19H19N3O/c1-12-8-13(2)10-16(9-12)21-18(23)11-15-7-6-14-4-3-5-17(20)19(14)22-15/h3-10H,11,20H2,1-2H3,(H,21,23). The number of para-hydroxylation sites is 1. The smallest absolute Gasteiger partial charge is 0.230 e. The highest BCUT2D eigenvalue weighted by molar-refractivity contribution is 5.93. The normalized spacial score (nSPS) is 10.7. The Hall–Kier alpha value is -2.88. The van der Waals surface area contributed by atoms with Gasteiger partial charge < -0.3 is 11.1 Å². The third-order valence-electron chi connectivity index (χ3n) is 3.66. The van der Waals surface area contributed by atoms with Crippen LogP contribution in [0.5, 0.6) is 0 Å². The summed E-state index contributed by atoms with van der Waals surface area (Å²) >= 11 is 0. The lowest BCUT2D eigenvalue weighted by molar-refractivity contribution is -0.115. The molecule has 23 heavy (non-hydrogen) atoms. The monoisotopic (exact) mass is 305 g/mol. The summed E-state index contributed by atoms with van der Waals surface area (Å²) in [5.41, 5.74) is 11.1. The summed E-state index contributed by atoms with van der Waals surface area (Å²) in [7, 11) is 0. The molecule has 0 spiro atoms. The lowest BCUT2D eigenvalue weighted by atomic mass is 10.1. The maximum Gasteiger partial charge on any atom is 0.230 e. The van der Waals surface area contributed by atoms with Crippen LogP contribution in [0.1, 0.15) is 16.8 Å². The topological polar surface area (TPSA) is 68.0 Å². The number of hydrogen-bond acceptors (Lipinski definition) is 3. The predicted octanol–water partition coefficient (Wildman–Crippen LogP) is 3.62. The fourth-order valence-corrected chi connectivity index (χ4v) is 2.73. The maximum absolute atomic E-state index is 12.2. The van der Waals surface area contributed by atoms with Gasteiger partial charge in [-0.2, -0.15) is 0 Å². The van der Waals surface area contributed by atoms with Gasteiger partial charge in [0.05, 0.1) is 23.3 Å². The molecule has 2 aromatic carbocycles. The van der Waals surface area contributed by atoms with Crippen LogP contribution in [0.15, 0.2) is 48.5 Å².